The zero-order valence-electron chi connectivity index (χ0n) is 50.3. The monoisotopic (exact) mass is 1110 g/mol. The molecule has 4 heteroatoms. The van der Waals surface area contributed by atoms with Crippen molar-refractivity contribution in [3.8, 4) is 11.4 Å². The molecule has 2 aromatic heterocycles. The van der Waals surface area contributed by atoms with Gasteiger partial charge in [-0.2, -0.15) is 0 Å². The lowest BCUT2D eigenvalue weighted by molar-refractivity contribution is 0.686. The molecule has 422 valence electrons. The van der Waals surface area contributed by atoms with Crippen LogP contribution in [0.1, 0.15) is 111 Å². The normalized spacial score (nSPS) is 13.5. The summed E-state index contributed by atoms with van der Waals surface area (Å²) >= 11 is 0. The number of anilines is 6. The summed E-state index contributed by atoms with van der Waals surface area (Å²) in [5.74, 6) is 0. The predicted octanol–water partition coefficient (Wildman–Crippen LogP) is 22.5. The Kier molecular flexibility index (Phi) is 13.1. The minimum Gasteiger partial charge on any atom is -0.309 e. The van der Waals surface area contributed by atoms with Crippen LogP contribution in [0.15, 0.2) is 206 Å². The molecule has 86 heavy (non-hydrogen) atoms. The summed E-state index contributed by atoms with van der Waals surface area (Å²) in [6.45, 7) is 9.29. The number of hydrogen-bond donors (Lipinski definition) is 0. The first-order valence-corrected chi connectivity index (χ1v) is 32.3. The summed E-state index contributed by atoms with van der Waals surface area (Å²) in [7, 11) is 0. The summed E-state index contributed by atoms with van der Waals surface area (Å²) in [6, 6.07) is 80.4. The van der Waals surface area contributed by atoms with E-state index in [0.717, 1.165) is 64.2 Å². The van der Waals surface area contributed by atoms with Crippen LogP contribution in [0.4, 0.5) is 34.1 Å². The van der Waals surface area contributed by atoms with Crippen LogP contribution < -0.4 is 9.80 Å². The topological polar surface area (TPSA) is 16.3 Å². The van der Waals surface area contributed by atoms with Gasteiger partial charge in [0.05, 0.1) is 33.4 Å². The first-order chi connectivity index (χ1) is 42.5. The standard InChI is InChI=1S/C82H74N4/c1-5-23-57-49-77(83(73-39-21-29-55-27-9-13-31-61(55)73)59-41-43-67-65-33-15-19-37-75(65)85(79(67)51-59)71-35-17-11-25-53(71)7-3)69-48-46-64-58(24-6-2)50-78(70-47-45-63(57)81(69)82(64)70)84(74-40-22-30-56-28-10-14-32-62(56)74)60-42-44-68-66-34-16-20-38-76(66)86(80(68)52-60)72-36-18-12-26-54(72)8-4/h11-12,15-22,25-26,29-30,33-52H,5-10,13-14,23-24,27-28,31-32H2,1-4H3. The number of fused-ring (bicyclic) bond motifs is 8. The Morgan fingerprint density at radius 2 is 0.709 bits per heavy atom. The predicted molar refractivity (Wildman–Crippen MR) is 368 cm³/mol. The number of aromatic nitrogens is 2. The second kappa shape index (κ2) is 21.4. The van der Waals surface area contributed by atoms with Crippen LogP contribution in [0.5, 0.6) is 0 Å². The molecule has 0 radical (unpaired) electrons. The van der Waals surface area contributed by atoms with E-state index in [9.17, 15) is 0 Å². The van der Waals surface area contributed by atoms with Gasteiger partial charge in [0, 0.05) is 66.4 Å². The van der Waals surface area contributed by atoms with Gasteiger partial charge in [0.15, 0.2) is 0 Å². The maximum Gasteiger partial charge on any atom is 0.0562 e. The van der Waals surface area contributed by atoms with E-state index >= 15 is 0 Å². The first kappa shape index (κ1) is 52.4. The molecule has 0 bridgehead atoms. The van der Waals surface area contributed by atoms with E-state index < -0.39 is 0 Å². The van der Waals surface area contributed by atoms with E-state index in [4.69, 9.17) is 0 Å². The Bertz CT molecular complexity index is 4660. The van der Waals surface area contributed by atoms with Gasteiger partial charge in [-0.05, 0) is 216 Å². The van der Waals surface area contributed by atoms with Gasteiger partial charge in [-0.25, -0.2) is 0 Å². The fraction of sp³-hybridized carbons (Fsp3) is 0.220. The maximum atomic E-state index is 2.70. The number of benzene rings is 12. The molecular weight excluding hydrogens is 1040 g/mol. The molecule has 2 aliphatic rings. The van der Waals surface area contributed by atoms with E-state index in [0.29, 0.717) is 0 Å². The third-order valence-electron chi connectivity index (χ3n) is 19.8. The van der Waals surface area contributed by atoms with Gasteiger partial charge in [0.1, 0.15) is 0 Å². The van der Waals surface area contributed by atoms with Crippen molar-refractivity contribution >= 4 is 110 Å². The molecule has 0 saturated carbocycles. The molecular formula is C82H74N4. The fourth-order valence-electron chi connectivity index (χ4n) is 15.9. The smallest absolute Gasteiger partial charge is 0.0562 e. The molecule has 0 spiro atoms. The van der Waals surface area contributed by atoms with Crippen molar-refractivity contribution in [1.29, 1.82) is 0 Å². The Labute approximate surface area is 505 Å². The number of para-hydroxylation sites is 4. The Morgan fingerprint density at radius 1 is 0.314 bits per heavy atom. The van der Waals surface area contributed by atoms with Crippen molar-refractivity contribution in [3.63, 3.8) is 0 Å². The highest BCUT2D eigenvalue weighted by atomic mass is 15.2. The van der Waals surface area contributed by atoms with Crippen LogP contribution in [0.2, 0.25) is 0 Å². The molecule has 0 amide bonds. The quantitative estimate of drug-likeness (QED) is 0.101. The van der Waals surface area contributed by atoms with E-state index in [1.165, 1.54) is 192 Å². The molecule has 0 unspecified atom stereocenters. The molecule has 12 aromatic carbocycles. The average molecular weight is 1120 g/mol. The van der Waals surface area contributed by atoms with Crippen LogP contribution in [-0.4, -0.2) is 9.13 Å². The molecule has 0 saturated heterocycles. The Balaban J connectivity index is 0.997. The van der Waals surface area contributed by atoms with Crippen LogP contribution >= 0.6 is 0 Å². The van der Waals surface area contributed by atoms with Gasteiger partial charge in [0.25, 0.3) is 0 Å². The van der Waals surface area contributed by atoms with Crippen LogP contribution in [-0.2, 0) is 51.4 Å². The second-order valence-electron chi connectivity index (χ2n) is 24.7. The summed E-state index contributed by atoms with van der Waals surface area (Å²) in [6.07, 6.45) is 15.2. The third kappa shape index (κ3) is 8.23. The molecule has 0 aliphatic heterocycles. The lowest BCUT2D eigenvalue weighted by Crippen LogP contribution is -2.17. The number of nitrogens with zero attached hydrogens (tertiary/aromatic N) is 4. The van der Waals surface area contributed by atoms with Gasteiger partial charge in [-0.1, -0.05) is 174 Å². The highest BCUT2D eigenvalue weighted by Gasteiger charge is 2.30. The summed E-state index contributed by atoms with van der Waals surface area (Å²) in [5, 5.41) is 13.2. The number of hydrogen-bond acceptors (Lipinski definition) is 2. The van der Waals surface area contributed by atoms with E-state index in [1.54, 1.807) is 0 Å². The lowest BCUT2D eigenvalue weighted by Gasteiger charge is -2.34. The van der Waals surface area contributed by atoms with Gasteiger partial charge in [-0.3, -0.25) is 0 Å². The lowest BCUT2D eigenvalue weighted by atomic mass is 9.85. The molecule has 2 heterocycles. The van der Waals surface area contributed by atoms with Crippen LogP contribution in [0.3, 0.4) is 0 Å². The third-order valence-corrected chi connectivity index (χ3v) is 19.8. The number of rotatable bonds is 14. The van der Waals surface area contributed by atoms with Crippen molar-refractivity contribution in [3.05, 3.63) is 251 Å². The fourth-order valence-corrected chi connectivity index (χ4v) is 15.9. The molecule has 14 aromatic rings. The average Bonchev–Trinajstić information content (AvgIpc) is 0.824. The highest BCUT2D eigenvalue weighted by molar-refractivity contribution is 6.29. The van der Waals surface area contributed by atoms with Crippen molar-refractivity contribution in [1.82, 2.24) is 9.13 Å². The molecule has 0 fully saturated rings. The van der Waals surface area contributed by atoms with E-state index in [2.05, 4.69) is 253 Å². The number of aryl methyl sites for hydroxylation is 6. The van der Waals surface area contributed by atoms with Crippen molar-refractivity contribution in [2.75, 3.05) is 9.80 Å². The first-order valence-electron chi connectivity index (χ1n) is 32.3. The van der Waals surface area contributed by atoms with Gasteiger partial charge >= 0.3 is 0 Å². The Morgan fingerprint density at radius 3 is 1.16 bits per heavy atom. The molecule has 2 aliphatic carbocycles. The van der Waals surface area contributed by atoms with Crippen molar-refractivity contribution in [2.24, 2.45) is 0 Å². The van der Waals surface area contributed by atoms with Crippen molar-refractivity contribution in [2.45, 2.75) is 118 Å². The molecule has 0 atom stereocenters. The zero-order valence-corrected chi connectivity index (χ0v) is 50.3. The minimum absolute atomic E-state index is 0.955. The second-order valence-corrected chi connectivity index (χ2v) is 24.7. The largest absolute Gasteiger partial charge is 0.309 e. The molecule has 16 rings (SSSR count). The summed E-state index contributed by atoms with van der Waals surface area (Å²) in [5.41, 5.74) is 26.4. The van der Waals surface area contributed by atoms with Crippen LogP contribution in [0, 0.1) is 0 Å². The van der Waals surface area contributed by atoms with E-state index in [-0.39, 0.29) is 0 Å². The van der Waals surface area contributed by atoms with Gasteiger partial charge in [-0.15, -0.1) is 0 Å². The summed E-state index contributed by atoms with van der Waals surface area (Å²) < 4.78 is 5.10. The summed E-state index contributed by atoms with van der Waals surface area (Å²) in [4.78, 5) is 5.40. The Hall–Kier alpha value is -9.12. The van der Waals surface area contributed by atoms with Crippen molar-refractivity contribution < 1.29 is 0 Å². The highest BCUT2D eigenvalue weighted by Crippen LogP contribution is 2.53. The minimum atomic E-state index is 0.955. The SMILES string of the molecule is CCCc1cc(N(c2ccc3c4ccccc4n(-c4ccccc4CC)c3c2)c2cccc3c2CCCC3)c2ccc3c(CCC)cc(N(c4ccc5c6ccccc6n(-c6ccccc6CC)c5c4)c4cccc5c4CCCC5)c4ccc1c2c34. The maximum absolute atomic E-state index is 2.70. The van der Waals surface area contributed by atoms with Crippen LogP contribution in [0.25, 0.3) is 87.3 Å². The molecule has 0 N–H and O–H groups in total. The molecule has 4 nitrogen and oxygen atoms in total. The van der Waals surface area contributed by atoms with E-state index in [1.807, 2.05) is 0 Å². The van der Waals surface area contributed by atoms with Gasteiger partial charge in [0.2, 0.25) is 0 Å². The zero-order chi connectivity index (χ0) is 57.6. The van der Waals surface area contributed by atoms with Gasteiger partial charge < -0.3 is 18.9 Å².